The van der Waals surface area contributed by atoms with Gasteiger partial charge < -0.3 is 15.9 Å². The fourth-order valence-electron chi connectivity index (χ4n) is 1.56. The SMILES string of the molecule is Nc1cc(S(=O)(=O)O)cc(S(=O)(=O)C(CC(=O)O)C(=O)O)c1. The topological polar surface area (TPSA) is 189 Å². The van der Waals surface area contributed by atoms with E-state index in [1.165, 1.54) is 0 Å². The molecule has 5 N–H and O–H groups in total. The maximum Gasteiger partial charge on any atom is 0.322 e. The minimum absolute atomic E-state index is 0.367. The minimum atomic E-state index is -4.79. The summed E-state index contributed by atoms with van der Waals surface area (Å²) in [4.78, 5) is 19.9. The summed E-state index contributed by atoms with van der Waals surface area (Å²) in [6.45, 7) is 0. The largest absolute Gasteiger partial charge is 0.481 e. The molecule has 0 aliphatic heterocycles. The van der Waals surface area contributed by atoms with Crippen LogP contribution in [0.1, 0.15) is 6.42 Å². The van der Waals surface area contributed by atoms with Crippen molar-refractivity contribution in [1.29, 1.82) is 0 Å². The van der Waals surface area contributed by atoms with Crippen molar-refractivity contribution in [3.63, 3.8) is 0 Å². The van der Waals surface area contributed by atoms with Gasteiger partial charge in [0.15, 0.2) is 15.1 Å². The fraction of sp³-hybridized carbons (Fsp3) is 0.200. The van der Waals surface area contributed by atoms with Gasteiger partial charge in [-0.1, -0.05) is 0 Å². The average Bonchev–Trinajstić information content (AvgIpc) is 2.33. The van der Waals surface area contributed by atoms with Crippen molar-refractivity contribution in [3.8, 4) is 0 Å². The van der Waals surface area contributed by atoms with E-state index in [9.17, 15) is 26.4 Å². The number of hydrogen-bond donors (Lipinski definition) is 4. The van der Waals surface area contributed by atoms with Crippen LogP contribution in [-0.2, 0) is 29.5 Å². The summed E-state index contributed by atoms with van der Waals surface area (Å²) in [6.07, 6.45) is -1.23. The van der Waals surface area contributed by atoms with Gasteiger partial charge in [-0.05, 0) is 18.2 Å². The summed E-state index contributed by atoms with van der Waals surface area (Å²) in [5, 5.41) is 15.1. The number of benzene rings is 1. The highest BCUT2D eigenvalue weighted by Gasteiger charge is 2.36. The molecular weight excluding hydrogens is 342 g/mol. The summed E-state index contributed by atoms with van der Waals surface area (Å²) in [5.74, 6) is -3.59. The van der Waals surface area contributed by atoms with Gasteiger partial charge in [-0.15, -0.1) is 0 Å². The van der Waals surface area contributed by atoms with Crippen molar-refractivity contribution in [2.75, 3.05) is 5.73 Å². The van der Waals surface area contributed by atoms with Crippen molar-refractivity contribution in [3.05, 3.63) is 18.2 Å². The van der Waals surface area contributed by atoms with E-state index in [-0.39, 0.29) is 5.69 Å². The zero-order valence-corrected chi connectivity index (χ0v) is 12.3. The lowest BCUT2D eigenvalue weighted by atomic mass is 10.3. The average molecular weight is 353 g/mol. The van der Waals surface area contributed by atoms with E-state index in [0.29, 0.717) is 6.07 Å². The first-order chi connectivity index (χ1) is 9.85. The highest BCUT2D eigenvalue weighted by Crippen LogP contribution is 2.25. The third kappa shape index (κ3) is 3.93. The molecule has 1 aromatic rings. The summed E-state index contributed by atoms with van der Waals surface area (Å²) >= 11 is 0. The molecule has 0 saturated heterocycles. The highest BCUT2D eigenvalue weighted by molar-refractivity contribution is 7.93. The standard InChI is InChI=1S/C10H11NO9S2/c11-5-1-6(3-7(2-5)22(18,19)20)21(16,17)8(10(14)15)4-9(12)13/h1-3,8H,4,11H2,(H,12,13)(H,14,15)(H,18,19,20). The van der Waals surface area contributed by atoms with Gasteiger partial charge in [0, 0.05) is 5.69 Å². The van der Waals surface area contributed by atoms with E-state index >= 15 is 0 Å². The Labute approximate surface area is 124 Å². The second-order valence-corrected chi connectivity index (χ2v) is 7.73. The number of nitrogens with two attached hydrogens (primary N) is 1. The normalized spacial score (nSPS) is 13.5. The Morgan fingerprint density at radius 3 is 1.95 bits per heavy atom. The summed E-state index contributed by atoms with van der Waals surface area (Å²) in [5.41, 5.74) is 4.96. The van der Waals surface area contributed by atoms with E-state index in [4.69, 9.17) is 20.5 Å². The summed E-state index contributed by atoms with van der Waals surface area (Å²) in [6, 6.07) is 2.03. The van der Waals surface area contributed by atoms with Crippen LogP contribution in [0.25, 0.3) is 0 Å². The maximum atomic E-state index is 12.2. The summed E-state index contributed by atoms with van der Waals surface area (Å²) in [7, 11) is -9.52. The Morgan fingerprint density at radius 1 is 1.05 bits per heavy atom. The molecule has 0 aliphatic rings. The van der Waals surface area contributed by atoms with Gasteiger partial charge in [0.25, 0.3) is 10.1 Å². The third-order valence-electron chi connectivity index (χ3n) is 2.54. The zero-order valence-electron chi connectivity index (χ0n) is 10.7. The van der Waals surface area contributed by atoms with Crippen LogP contribution in [0.3, 0.4) is 0 Å². The minimum Gasteiger partial charge on any atom is -0.481 e. The van der Waals surface area contributed by atoms with E-state index in [2.05, 4.69) is 0 Å². The van der Waals surface area contributed by atoms with Crippen LogP contribution in [0.15, 0.2) is 28.0 Å². The Bertz CT molecular complexity index is 826. The number of nitrogen functional groups attached to an aromatic ring is 1. The number of anilines is 1. The first-order valence-corrected chi connectivity index (χ1v) is 8.41. The van der Waals surface area contributed by atoms with E-state index in [1.54, 1.807) is 0 Å². The second-order valence-electron chi connectivity index (χ2n) is 4.18. The zero-order chi connectivity index (χ0) is 17.3. The molecular formula is C10H11NO9S2. The van der Waals surface area contributed by atoms with Gasteiger partial charge in [-0.25, -0.2) is 8.42 Å². The van der Waals surface area contributed by atoms with Crippen LogP contribution in [-0.4, -0.2) is 48.8 Å². The first kappa shape index (κ1) is 17.9. The van der Waals surface area contributed by atoms with Crippen molar-refractivity contribution in [1.82, 2.24) is 0 Å². The smallest absolute Gasteiger partial charge is 0.322 e. The van der Waals surface area contributed by atoms with E-state index in [1.807, 2.05) is 0 Å². The molecule has 10 nitrogen and oxygen atoms in total. The molecule has 0 saturated carbocycles. The van der Waals surface area contributed by atoms with Crippen molar-refractivity contribution >= 4 is 37.6 Å². The number of carboxylic acid groups (broad SMARTS) is 2. The molecule has 0 aliphatic carbocycles. The lowest BCUT2D eigenvalue weighted by Gasteiger charge is -2.13. The van der Waals surface area contributed by atoms with Crippen LogP contribution >= 0.6 is 0 Å². The van der Waals surface area contributed by atoms with Gasteiger partial charge in [-0.2, -0.15) is 8.42 Å². The Morgan fingerprint density at radius 2 is 1.55 bits per heavy atom. The first-order valence-electron chi connectivity index (χ1n) is 5.42. The molecule has 0 radical (unpaired) electrons. The van der Waals surface area contributed by atoms with Gasteiger partial charge in [0.1, 0.15) is 0 Å². The molecule has 1 rings (SSSR count). The van der Waals surface area contributed by atoms with E-state index < -0.39 is 53.4 Å². The van der Waals surface area contributed by atoms with Crippen LogP contribution < -0.4 is 5.73 Å². The molecule has 0 aromatic heterocycles. The van der Waals surface area contributed by atoms with Crippen molar-refractivity contribution < 1.29 is 41.2 Å². The molecule has 0 bridgehead atoms. The van der Waals surface area contributed by atoms with Gasteiger partial charge in [0.05, 0.1) is 16.2 Å². The lowest BCUT2D eigenvalue weighted by molar-refractivity contribution is -0.143. The van der Waals surface area contributed by atoms with Gasteiger partial charge in [-0.3, -0.25) is 14.1 Å². The van der Waals surface area contributed by atoms with Crippen LogP contribution in [0.5, 0.6) is 0 Å². The lowest BCUT2D eigenvalue weighted by Crippen LogP contribution is -2.32. The number of aliphatic carboxylic acids is 2. The molecule has 1 aromatic carbocycles. The molecule has 12 heteroatoms. The maximum absolute atomic E-state index is 12.2. The molecule has 22 heavy (non-hydrogen) atoms. The number of rotatable bonds is 6. The Kier molecular flexibility index (Phi) is 4.79. The molecule has 0 heterocycles. The number of carbonyl (C=O) groups is 2. The number of sulfone groups is 1. The Balaban J connectivity index is 3.54. The molecule has 0 fully saturated rings. The quantitative estimate of drug-likeness (QED) is 0.372. The summed E-state index contributed by atoms with van der Waals surface area (Å²) < 4.78 is 55.3. The molecule has 1 atom stereocenters. The molecule has 122 valence electrons. The van der Waals surface area contributed by atoms with Crippen molar-refractivity contribution in [2.24, 2.45) is 0 Å². The van der Waals surface area contributed by atoms with Crippen LogP contribution in [0.4, 0.5) is 5.69 Å². The predicted molar refractivity (Wildman–Crippen MR) is 71.5 cm³/mol. The highest BCUT2D eigenvalue weighted by atomic mass is 32.2. The van der Waals surface area contributed by atoms with Crippen LogP contribution in [0.2, 0.25) is 0 Å². The monoisotopic (exact) mass is 353 g/mol. The second kappa shape index (κ2) is 5.90. The van der Waals surface area contributed by atoms with Crippen LogP contribution in [0, 0.1) is 0 Å². The molecule has 1 unspecified atom stereocenters. The molecule has 0 spiro atoms. The van der Waals surface area contributed by atoms with Gasteiger partial charge >= 0.3 is 11.9 Å². The van der Waals surface area contributed by atoms with Gasteiger partial charge in [0.2, 0.25) is 0 Å². The number of carboxylic acids is 2. The Hall–Kier alpha value is -2.18. The third-order valence-corrected chi connectivity index (χ3v) is 5.38. The van der Waals surface area contributed by atoms with E-state index in [0.717, 1.165) is 12.1 Å². The predicted octanol–water partition coefficient (Wildman–Crippen LogP) is -0.783. The number of hydrogen-bond acceptors (Lipinski definition) is 7. The fourth-order valence-corrected chi connectivity index (χ4v) is 3.74. The van der Waals surface area contributed by atoms with Crippen molar-refractivity contribution in [2.45, 2.75) is 21.5 Å². The molecule has 0 amide bonds.